The number of aliphatic hydroxyl groups excluding tert-OH is 1. The number of benzene rings is 1. The van der Waals surface area contributed by atoms with E-state index in [9.17, 15) is 10.2 Å². The van der Waals surface area contributed by atoms with Crippen molar-refractivity contribution in [3.05, 3.63) is 47.8 Å². The summed E-state index contributed by atoms with van der Waals surface area (Å²) in [5, 5.41) is 23.3. The molecule has 0 bridgehead atoms. The number of phenolic OH excluding ortho intramolecular Hbond substituents is 1. The highest BCUT2D eigenvalue weighted by Gasteiger charge is 2.09. The van der Waals surface area contributed by atoms with Gasteiger partial charge < -0.3 is 10.2 Å². The molecule has 2 N–H and O–H groups in total. The lowest BCUT2D eigenvalue weighted by molar-refractivity contribution is 0.151. The van der Waals surface area contributed by atoms with Crippen molar-refractivity contribution in [1.82, 2.24) is 9.78 Å². The second kappa shape index (κ2) is 4.37. The van der Waals surface area contributed by atoms with E-state index in [4.69, 9.17) is 0 Å². The molecule has 1 aromatic heterocycles. The van der Waals surface area contributed by atoms with Crippen LogP contribution in [0.25, 0.3) is 0 Å². The van der Waals surface area contributed by atoms with Crippen molar-refractivity contribution >= 4 is 0 Å². The third-order valence-electron chi connectivity index (χ3n) is 2.38. The first-order chi connectivity index (χ1) is 7.65. The number of hydrogen-bond acceptors (Lipinski definition) is 3. The number of phenols is 1. The van der Waals surface area contributed by atoms with Crippen LogP contribution in [-0.2, 0) is 6.54 Å². The van der Waals surface area contributed by atoms with Crippen molar-refractivity contribution < 1.29 is 10.2 Å². The first-order valence-corrected chi connectivity index (χ1v) is 5.11. The molecular weight excluding hydrogens is 204 g/mol. The van der Waals surface area contributed by atoms with Crippen LogP contribution in [0, 0.1) is 6.92 Å². The number of hydrogen-bond donors (Lipinski definition) is 2. The Kier molecular flexibility index (Phi) is 2.92. The molecule has 4 nitrogen and oxygen atoms in total. The van der Waals surface area contributed by atoms with Gasteiger partial charge in [-0.15, -0.1) is 0 Å². The third-order valence-corrected chi connectivity index (χ3v) is 2.38. The maximum absolute atomic E-state index is 9.94. The van der Waals surface area contributed by atoms with E-state index in [1.54, 1.807) is 35.1 Å². The molecule has 0 saturated carbocycles. The summed E-state index contributed by atoms with van der Waals surface area (Å²) in [5.41, 5.74) is 1.75. The van der Waals surface area contributed by atoms with Crippen LogP contribution < -0.4 is 0 Å². The summed E-state index contributed by atoms with van der Waals surface area (Å²) in [6.07, 6.45) is 2.95. The van der Waals surface area contributed by atoms with Gasteiger partial charge in [-0.25, -0.2) is 0 Å². The molecule has 0 aliphatic rings. The highest BCUT2D eigenvalue weighted by atomic mass is 16.3. The van der Waals surface area contributed by atoms with Crippen molar-refractivity contribution in [2.75, 3.05) is 0 Å². The molecule has 0 saturated heterocycles. The number of aromatic nitrogens is 2. The number of aryl methyl sites for hydroxylation is 1. The maximum Gasteiger partial charge on any atom is 0.115 e. The Morgan fingerprint density at radius 3 is 2.88 bits per heavy atom. The summed E-state index contributed by atoms with van der Waals surface area (Å²) in [7, 11) is 0. The van der Waals surface area contributed by atoms with E-state index in [0.29, 0.717) is 12.1 Å². The SMILES string of the molecule is Cc1cnn(CC(O)c2cccc(O)c2)c1. The fraction of sp³-hybridized carbons (Fsp3) is 0.250. The average Bonchev–Trinajstić information content (AvgIpc) is 2.64. The molecule has 4 heteroatoms. The Morgan fingerprint density at radius 1 is 1.44 bits per heavy atom. The lowest BCUT2D eigenvalue weighted by Gasteiger charge is -2.11. The van der Waals surface area contributed by atoms with E-state index in [-0.39, 0.29) is 5.75 Å². The highest BCUT2D eigenvalue weighted by molar-refractivity contribution is 5.28. The van der Waals surface area contributed by atoms with Crippen LogP contribution in [0.3, 0.4) is 0 Å². The smallest absolute Gasteiger partial charge is 0.115 e. The normalized spacial score (nSPS) is 12.6. The lowest BCUT2D eigenvalue weighted by atomic mass is 10.1. The summed E-state index contributed by atoms with van der Waals surface area (Å²) >= 11 is 0. The van der Waals surface area contributed by atoms with Crippen molar-refractivity contribution in [3.63, 3.8) is 0 Å². The Labute approximate surface area is 93.8 Å². The molecule has 0 radical (unpaired) electrons. The van der Waals surface area contributed by atoms with Crippen molar-refractivity contribution in [1.29, 1.82) is 0 Å². The monoisotopic (exact) mass is 218 g/mol. The maximum atomic E-state index is 9.94. The summed E-state index contributed by atoms with van der Waals surface area (Å²) in [5.74, 6) is 0.160. The minimum atomic E-state index is -0.661. The van der Waals surface area contributed by atoms with Gasteiger partial charge in [-0.1, -0.05) is 12.1 Å². The number of aromatic hydroxyl groups is 1. The summed E-state index contributed by atoms with van der Waals surface area (Å²) < 4.78 is 1.68. The molecule has 0 fully saturated rings. The molecule has 0 amide bonds. The number of nitrogens with zero attached hydrogens (tertiary/aromatic N) is 2. The second-order valence-corrected chi connectivity index (χ2v) is 3.85. The molecule has 1 unspecified atom stereocenters. The minimum Gasteiger partial charge on any atom is -0.508 e. The molecule has 1 heterocycles. The topological polar surface area (TPSA) is 58.3 Å². The van der Waals surface area contributed by atoms with Gasteiger partial charge in [0.2, 0.25) is 0 Å². The molecular formula is C12H14N2O2. The summed E-state index contributed by atoms with van der Waals surface area (Å²) in [6.45, 7) is 2.33. The predicted octanol–water partition coefficient (Wildman–Crippen LogP) is 1.63. The van der Waals surface area contributed by atoms with Crippen LogP contribution in [0.15, 0.2) is 36.7 Å². The van der Waals surface area contributed by atoms with Gasteiger partial charge in [0.15, 0.2) is 0 Å². The zero-order valence-electron chi connectivity index (χ0n) is 9.04. The van der Waals surface area contributed by atoms with Crippen LogP contribution in [0.2, 0.25) is 0 Å². The van der Waals surface area contributed by atoms with E-state index in [0.717, 1.165) is 5.56 Å². The van der Waals surface area contributed by atoms with Crippen molar-refractivity contribution in [3.8, 4) is 5.75 Å². The summed E-state index contributed by atoms with van der Waals surface area (Å²) in [6, 6.07) is 6.62. The molecule has 0 spiro atoms. The minimum absolute atomic E-state index is 0.160. The Balaban J connectivity index is 2.11. The van der Waals surface area contributed by atoms with E-state index in [1.807, 2.05) is 13.1 Å². The van der Waals surface area contributed by atoms with Gasteiger partial charge >= 0.3 is 0 Å². The molecule has 16 heavy (non-hydrogen) atoms. The molecule has 0 aliphatic carbocycles. The molecule has 84 valence electrons. The lowest BCUT2D eigenvalue weighted by Crippen LogP contribution is -2.08. The number of rotatable bonds is 3. The molecule has 1 atom stereocenters. The molecule has 2 aromatic rings. The van der Waals surface area contributed by atoms with Crippen LogP contribution >= 0.6 is 0 Å². The first-order valence-electron chi connectivity index (χ1n) is 5.11. The Hall–Kier alpha value is -1.81. The van der Waals surface area contributed by atoms with E-state index < -0.39 is 6.10 Å². The van der Waals surface area contributed by atoms with Crippen molar-refractivity contribution in [2.24, 2.45) is 0 Å². The third kappa shape index (κ3) is 2.41. The molecule has 2 rings (SSSR count). The van der Waals surface area contributed by atoms with Gasteiger partial charge in [0.25, 0.3) is 0 Å². The zero-order valence-corrected chi connectivity index (χ0v) is 9.04. The quantitative estimate of drug-likeness (QED) is 0.823. The van der Waals surface area contributed by atoms with Crippen LogP contribution in [0.1, 0.15) is 17.2 Å². The van der Waals surface area contributed by atoms with Gasteiger partial charge in [0.1, 0.15) is 5.75 Å². The van der Waals surface area contributed by atoms with Gasteiger partial charge in [0.05, 0.1) is 18.8 Å². The van der Waals surface area contributed by atoms with Gasteiger partial charge in [0, 0.05) is 6.20 Å². The number of aliphatic hydroxyl groups is 1. The molecule has 1 aromatic carbocycles. The van der Waals surface area contributed by atoms with Crippen LogP contribution in [0.5, 0.6) is 5.75 Å². The predicted molar refractivity (Wildman–Crippen MR) is 60.0 cm³/mol. The second-order valence-electron chi connectivity index (χ2n) is 3.85. The first kappa shape index (κ1) is 10.7. The van der Waals surface area contributed by atoms with Gasteiger partial charge in [-0.2, -0.15) is 5.10 Å². The Morgan fingerprint density at radius 2 is 2.25 bits per heavy atom. The summed E-state index contributed by atoms with van der Waals surface area (Å²) in [4.78, 5) is 0. The fourth-order valence-corrected chi connectivity index (χ4v) is 1.58. The fourth-order valence-electron chi connectivity index (χ4n) is 1.58. The standard InChI is InChI=1S/C12H14N2O2/c1-9-6-13-14(7-9)8-12(16)10-3-2-4-11(15)5-10/h2-7,12,15-16H,8H2,1H3. The zero-order chi connectivity index (χ0) is 11.5. The van der Waals surface area contributed by atoms with Gasteiger partial charge in [-0.05, 0) is 30.2 Å². The van der Waals surface area contributed by atoms with Crippen LogP contribution in [0.4, 0.5) is 0 Å². The van der Waals surface area contributed by atoms with Crippen molar-refractivity contribution in [2.45, 2.75) is 19.6 Å². The van der Waals surface area contributed by atoms with E-state index in [1.165, 1.54) is 0 Å². The Bertz CT molecular complexity index is 479. The van der Waals surface area contributed by atoms with E-state index >= 15 is 0 Å². The average molecular weight is 218 g/mol. The highest BCUT2D eigenvalue weighted by Crippen LogP contribution is 2.19. The molecule has 0 aliphatic heterocycles. The largest absolute Gasteiger partial charge is 0.508 e. The van der Waals surface area contributed by atoms with E-state index in [2.05, 4.69) is 5.10 Å². The van der Waals surface area contributed by atoms with Gasteiger partial charge in [-0.3, -0.25) is 4.68 Å². The van der Waals surface area contributed by atoms with Crippen LogP contribution in [-0.4, -0.2) is 20.0 Å².